The molecule has 0 amide bonds. The Morgan fingerprint density at radius 2 is 2.33 bits per heavy atom. The molecule has 1 aliphatic heterocycles. The smallest absolute Gasteiger partial charge is 0.165 e. The lowest BCUT2D eigenvalue weighted by molar-refractivity contribution is 0.191. The summed E-state index contributed by atoms with van der Waals surface area (Å²) in [7, 11) is 0. The number of hydrogen-bond donors (Lipinski definition) is 0. The molecule has 2 rings (SSSR count). The van der Waals surface area contributed by atoms with Gasteiger partial charge in [0.05, 0.1) is 6.26 Å². The standard InChI is InChI=1S/C10H13O2/c1-7-3-5-11-9(7)10-8(2)4-6-12-10/h3,5,8H,4,6H2,1-2H3. The Bertz CT molecular complexity index is 265. The van der Waals surface area contributed by atoms with Crippen molar-refractivity contribution in [1.82, 2.24) is 0 Å². The average Bonchev–Trinajstić information content (AvgIpc) is 2.59. The summed E-state index contributed by atoms with van der Waals surface area (Å²) in [4.78, 5) is 0. The molecule has 1 aliphatic rings. The third-order valence-electron chi connectivity index (χ3n) is 2.34. The summed E-state index contributed by atoms with van der Waals surface area (Å²) in [5, 5.41) is 0. The van der Waals surface area contributed by atoms with E-state index in [1.165, 1.54) is 5.56 Å². The van der Waals surface area contributed by atoms with Gasteiger partial charge in [0.15, 0.2) is 6.10 Å². The normalized spacial score (nSPS) is 25.0. The van der Waals surface area contributed by atoms with Gasteiger partial charge < -0.3 is 9.15 Å². The number of hydrogen-bond acceptors (Lipinski definition) is 2. The van der Waals surface area contributed by atoms with Crippen molar-refractivity contribution in [2.24, 2.45) is 5.92 Å². The van der Waals surface area contributed by atoms with E-state index in [1.807, 2.05) is 13.0 Å². The largest absolute Gasteiger partial charge is 0.466 e. The molecule has 1 saturated heterocycles. The molecule has 1 fully saturated rings. The van der Waals surface area contributed by atoms with Gasteiger partial charge in [-0.05, 0) is 30.9 Å². The zero-order valence-electron chi connectivity index (χ0n) is 7.46. The van der Waals surface area contributed by atoms with Crippen molar-refractivity contribution >= 4 is 0 Å². The second-order valence-corrected chi connectivity index (χ2v) is 3.34. The van der Waals surface area contributed by atoms with Crippen LogP contribution in [0.1, 0.15) is 24.7 Å². The van der Waals surface area contributed by atoms with Gasteiger partial charge >= 0.3 is 0 Å². The third kappa shape index (κ3) is 1.16. The minimum absolute atomic E-state index is 0.509. The van der Waals surface area contributed by atoms with Gasteiger partial charge in [-0.1, -0.05) is 6.92 Å². The van der Waals surface area contributed by atoms with Crippen LogP contribution in [0.25, 0.3) is 0 Å². The Balaban J connectivity index is 2.24. The summed E-state index contributed by atoms with van der Waals surface area (Å²) in [5.41, 5.74) is 1.17. The van der Waals surface area contributed by atoms with E-state index in [0.717, 1.165) is 24.9 Å². The van der Waals surface area contributed by atoms with E-state index in [-0.39, 0.29) is 0 Å². The molecule has 2 nitrogen and oxygen atoms in total. The predicted molar refractivity (Wildman–Crippen MR) is 45.5 cm³/mol. The van der Waals surface area contributed by atoms with Crippen molar-refractivity contribution in [2.75, 3.05) is 6.61 Å². The van der Waals surface area contributed by atoms with Crippen molar-refractivity contribution in [1.29, 1.82) is 0 Å². The lowest BCUT2D eigenvalue weighted by Gasteiger charge is -2.10. The Morgan fingerprint density at radius 3 is 2.83 bits per heavy atom. The number of furan rings is 1. The summed E-state index contributed by atoms with van der Waals surface area (Å²) in [6.07, 6.45) is 3.85. The van der Waals surface area contributed by atoms with Crippen molar-refractivity contribution < 1.29 is 9.15 Å². The first-order valence-corrected chi connectivity index (χ1v) is 4.33. The molecule has 2 heteroatoms. The van der Waals surface area contributed by atoms with Gasteiger partial charge in [0.2, 0.25) is 0 Å². The van der Waals surface area contributed by atoms with Crippen LogP contribution in [-0.4, -0.2) is 6.61 Å². The molecule has 0 spiro atoms. The molecule has 0 bridgehead atoms. The lowest BCUT2D eigenvalue weighted by Crippen LogP contribution is -2.04. The predicted octanol–water partition coefficient (Wildman–Crippen LogP) is 2.52. The van der Waals surface area contributed by atoms with Gasteiger partial charge in [-0.25, -0.2) is 0 Å². The molecule has 12 heavy (non-hydrogen) atoms. The van der Waals surface area contributed by atoms with Gasteiger partial charge in [-0.15, -0.1) is 0 Å². The van der Waals surface area contributed by atoms with Crippen molar-refractivity contribution in [3.05, 3.63) is 29.8 Å². The fraction of sp³-hybridized carbons (Fsp3) is 0.500. The first-order valence-electron chi connectivity index (χ1n) is 4.33. The fourth-order valence-corrected chi connectivity index (χ4v) is 1.53. The highest BCUT2D eigenvalue weighted by Crippen LogP contribution is 2.34. The van der Waals surface area contributed by atoms with E-state index in [0.29, 0.717) is 5.92 Å². The van der Waals surface area contributed by atoms with E-state index < -0.39 is 0 Å². The van der Waals surface area contributed by atoms with Gasteiger partial charge in [0, 0.05) is 6.61 Å². The Kier molecular flexibility index (Phi) is 1.93. The highest BCUT2D eigenvalue weighted by Gasteiger charge is 2.30. The molecular formula is C10H13O2. The minimum atomic E-state index is 0.509. The van der Waals surface area contributed by atoms with Crippen LogP contribution in [0.4, 0.5) is 0 Å². The van der Waals surface area contributed by atoms with E-state index in [1.54, 1.807) is 6.26 Å². The van der Waals surface area contributed by atoms with E-state index in [4.69, 9.17) is 9.15 Å². The van der Waals surface area contributed by atoms with E-state index in [2.05, 4.69) is 6.92 Å². The second-order valence-electron chi connectivity index (χ2n) is 3.34. The van der Waals surface area contributed by atoms with Crippen LogP contribution in [0.3, 0.4) is 0 Å². The molecule has 65 valence electrons. The lowest BCUT2D eigenvalue weighted by atomic mass is 10.0. The Hall–Kier alpha value is -0.760. The van der Waals surface area contributed by atoms with Crippen molar-refractivity contribution in [3.8, 4) is 0 Å². The first-order chi connectivity index (χ1) is 5.79. The molecule has 1 unspecified atom stereocenters. The Morgan fingerprint density at radius 1 is 1.50 bits per heavy atom. The van der Waals surface area contributed by atoms with Gasteiger partial charge in [-0.2, -0.15) is 0 Å². The summed E-state index contributed by atoms with van der Waals surface area (Å²) in [5.74, 6) is 1.44. The van der Waals surface area contributed by atoms with Crippen LogP contribution in [0.2, 0.25) is 0 Å². The third-order valence-corrected chi connectivity index (χ3v) is 2.34. The number of ether oxygens (including phenoxy) is 1. The van der Waals surface area contributed by atoms with Crippen molar-refractivity contribution in [2.45, 2.75) is 20.3 Å². The van der Waals surface area contributed by atoms with Crippen LogP contribution in [0.5, 0.6) is 0 Å². The molecule has 1 atom stereocenters. The molecule has 0 N–H and O–H groups in total. The topological polar surface area (TPSA) is 22.4 Å². The van der Waals surface area contributed by atoms with Gasteiger partial charge in [-0.3, -0.25) is 0 Å². The molecule has 0 saturated carbocycles. The quantitative estimate of drug-likeness (QED) is 0.638. The van der Waals surface area contributed by atoms with E-state index in [9.17, 15) is 0 Å². The molecule has 1 aromatic heterocycles. The van der Waals surface area contributed by atoms with Crippen LogP contribution in [-0.2, 0) is 4.74 Å². The second kappa shape index (κ2) is 2.94. The maximum Gasteiger partial charge on any atom is 0.165 e. The van der Waals surface area contributed by atoms with E-state index >= 15 is 0 Å². The molecular weight excluding hydrogens is 152 g/mol. The molecule has 1 radical (unpaired) electrons. The zero-order chi connectivity index (χ0) is 8.55. The van der Waals surface area contributed by atoms with Crippen LogP contribution in [0, 0.1) is 18.9 Å². The average molecular weight is 165 g/mol. The molecule has 0 aromatic carbocycles. The SMILES string of the molecule is Cc1ccoc1[C]1OCCC1C. The molecule has 1 aromatic rings. The highest BCUT2D eigenvalue weighted by molar-refractivity contribution is 5.27. The number of aryl methyl sites for hydroxylation is 1. The van der Waals surface area contributed by atoms with Gasteiger partial charge in [0.25, 0.3) is 0 Å². The summed E-state index contributed by atoms with van der Waals surface area (Å²) in [6.45, 7) is 5.04. The summed E-state index contributed by atoms with van der Waals surface area (Å²) >= 11 is 0. The molecule has 0 aliphatic carbocycles. The van der Waals surface area contributed by atoms with Gasteiger partial charge in [0.1, 0.15) is 5.76 Å². The fourth-order valence-electron chi connectivity index (χ4n) is 1.53. The van der Waals surface area contributed by atoms with Crippen LogP contribution < -0.4 is 0 Å². The maximum absolute atomic E-state index is 5.51. The summed E-state index contributed by atoms with van der Waals surface area (Å²) in [6, 6.07) is 1.97. The van der Waals surface area contributed by atoms with Crippen molar-refractivity contribution in [3.63, 3.8) is 0 Å². The first kappa shape index (κ1) is 7.87. The number of rotatable bonds is 1. The molecule has 2 heterocycles. The monoisotopic (exact) mass is 165 g/mol. The summed E-state index contributed by atoms with van der Waals surface area (Å²) < 4.78 is 10.9. The zero-order valence-corrected chi connectivity index (χ0v) is 7.46. The minimum Gasteiger partial charge on any atom is -0.466 e. The Labute approximate surface area is 72.5 Å². The van der Waals surface area contributed by atoms with Crippen LogP contribution >= 0.6 is 0 Å². The maximum atomic E-state index is 5.51. The van der Waals surface area contributed by atoms with Crippen LogP contribution in [0.15, 0.2) is 16.7 Å². The highest BCUT2D eigenvalue weighted by atomic mass is 16.5.